The van der Waals surface area contributed by atoms with Gasteiger partial charge >= 0.3 is 0 Å². The van der Waals surface area contributed by atoms with E-state index in [0.717, 1.165) is 12.8 Å². The Morgan fingerprint density at radius 1 is 1.25 bits per heavy atom. The Labute approximate surface area is 122 Å². The number of unbranched alkanes of at least 4 members (excludes halogenated alkanes) is 1. The molecule has 2 heteroatoms. The van der Waals surface area contributed by atoms with Gasteiger partial charge in [-0.25, -0.2) is 0 Å². The normalized spacial score (nSPS) is 15.1. The summed E-state index contributed by atoms with van der Waals surface area (Å²) >= 11 is 0. The second kappa shape index (κ2) is 10.2. The Bertz CT molecular complexity index is 385. The first-order valence-electron chi connectivity index (χ1n) is 7.58. The quantitative estimate of drug-likeness (QED) is 0.616. The fourth-order valence-electron chi connectivity index (χ4n) is 2.51. The van der Waals surface area contributed by atoms with Gasteiger partial charge in [0.25, 0.3) is 5.97 Å². The molecule has 1 saturated carbocycles. The van der Waals surface area contributed by atoms with E-state index in [-0.39, 0.29) is 0 Å². The molecule has 0 amide bonds. The van der Waals surface area contributed by atoms with Crippen LogP contribution < -0.4 is 0 Å². The van der Waals surface area contributed by atoms with E-state index in [2.05, 4.69) is 42.5 Å². The van der Waals surface area contributed by atoms with Crippen molar-refractivity contribution in [2.24, 2.45) is 5.92 Å². The predicted octanol–water partition coefficient (Wildman–Crippen LogP) is 4.85. The number of hydrogen-bond acceptors (Lipinski definition) is 1. The number of carboxylic acids is 1. The van der Waals surface area contributed by atoms with Gasteiger partial charge in [-0.1, -0.05) is 55.3 Å². The third kappa shape index (κ3) is 8.52. The molecule has 0 unspecified atom stereocenters. The molecule has 0 atom stereocenters. The van der Waals surface area contributed by atoms with Crippen molar-refractivity contribution in [2.45, 2.75) is 51.9 Å². The monoisotopic (exact) mass is 274 g/mol. The van der Waals surface area contributed by atoms with Crippen LogP contribution >= 0.6 is 0 Å². The van der Waals surface area contributed by atoms with Crippen molar-refractivity contribution in [1.82, 2.24) is 0 Å². The summed E-state index contributed by atoms with van der Waals surface area (Å²) in [5, 5.41) is 7.42. The molecular weight excluding hydrogens is 248 g/mol. The fourth-order valence-corrected chi connectivity index (χ4v) is 2.51. The van der Waals surface area contributed by atoms with Crippen LogP contribution in [0.15, 0.2) is 42.5 Å². The van der Waals surface area contributed by atoms with Gasteiger partial charge in [0.05, 0.1) is 0 Å². The second-order valence-electron chi connectivity index (χ2n) is 5.37. The first kappa shape index (κ1) is 16.5. The van der Waals surface area contributed by atoms with E-state index < -0.39 is 5.97 Å². The molecule has 1 N–H and O–H groups in total. The van der Waals surface area contributed by atoms with Gasteiger partial charge < -0.3 is 5.11 Å². The average Bonchev–Trinajstić information content (AvgIpc) is 2.92. The van der Waals surface area contributed by atoms with Crippen molar-refractivity contribution in [2.75, 3.05) is 0 Å². The van der Waals surface area contributed by atoms with E-state index in [1.54, 1.807) is 0 Å². The maximum absolute atomic E-state index is 9.00. The summed E-state index contributed by atoms with van der Waals surface area (Å²) < 4.78 is 0. The highest BCUT2D eigenvalue weighted by Crippen LogP contribution is 2.25. The Balaban J connectivity index is 0.000000444. The zero-order valence-electron chi connectivity index (χ0n) is 12.4. The summed E-state index contributed by atoms with van der Waals surface area (Å²) in [5.41, 5.74) is 1.47. The third-order valence-corrected chi connectivity index (χ3v) is 3.49. The predicted molar refractivity (Wildman–Crippen MR) is 83.8 cm³/mol. The van der Waals surface area contributed by atoms with E-state index >= 15 is 0 Å². The molecule has 1 aromatic carbocycles. The highest BCUT2D eigenvalue weighted by Gasteiger charge is 2.10. The smallest absolute Gasteiger partial charge is 0.300 e. The summed E-state index contributed by atoms with van der Waals surface area (Å²) in [6, 6.07) is 10.8. The van der Waals surface area contributed by atoms with E-state index in [4.69, 9.17) is 9.90 Å². The van der Waals surface area contributed by atoms with E-state index in [1.165, 1.54) is 50.5 Å². The summed E-state index contributed by atoms with van der Waals surface area (Å²) in [6.07, 6.45) is 14.3. The topological polar surface area (TPSA) is 37.3 Å². The summed E-state index contributed by atoms with van der Waals surface area (Å²) in [4.78, 5) is 9.00. The Hall–Kier alpha value is -1.57. The highest BCUT2D eigenvalue weighted by molar-refractivity contribution is 5.62. The van der Waals surface area contributed by atoms with Crippen LogP contribution in [-0.2, 0) is 11.2 Å². The molecule has 0 radical (unpaired) electrons. The molecule has 0 saturated heterocycles. The minimum absolute atomic E-state index is 0.833. The van der Waals surface area contributed by atoms with Gasteiger partial charge in [0.2, 0.25) is 0 Å². The molecule has 0 spiro atoms. The molecule has 1 aliphatic rings. The number of carboxylic acid groups (broad SMARTS) is 1. The molecule has 1 fully saturated rings. The van der Waals surface area contributed by atoms with Gasteiger partial charge in [0.15, 0.2) is 0 Å². The molecule has 0 aromatic heterocycles. The van der Waals surface area contributed by atoms with Crippen molar-refractivity contribution in [3.8, 4) is 0 Å². The van der Waals surface area contributed by atoms with Crippen LogP contribution in [0.5, 0.6) is 0 Å². The number of allylic oxidation sites excluding steroid dienone is 2. The van der Waals surface area contributed by atoms with Crippen LogP contribution in [0.25, 0.3) is 0 Å². The summed E-state index contributed by atoms with van der Waals surface area (Å²) in [7, 11) is 0. The number of aliphatic carboxylic acids is 1. The lowest BCUT2D eigenvalue weighted by atomic mass is 10.1. The largest absolute Gasteiger partial charge is 0.481 e. The zero-order chi connectivity index (χ0) is 14.6. The van der Waals surface area contributed by atoms with Crippen molar-refractivity contribution in [3.05, 3.63) is 48.0 Å². The van der Waals surface area contributed by atoms with Gasteiger partial charge in [-0.2, -0.15) is 0 Å². The second-order valence-corrected chi connectivity index (χ2v) is 5.37. The number of benzene rings is 1. The highest BCUT2D eigenvalue weighted by atomic mass is 16.4. The van der Waals surface area contributed by atoms with Crippen LogP contribution in [0, 0.1) is 5.92 Å². The maximum Gasteiger partial charge on any atom is 0.300 e. The van der Waals surface area contributed by atoms with Crippen LogP contribution in [0.2, 0.25) is 0 Å². The minimum Gasteiger partial charge on any atom is -0.481 e. The lowest BCUT2D eigenvalue weighted by Gasteiger charge is -2.01. The number of aryl methyl sites for hydroxylation is 1. The molecular formula is C18H26O2. The maximum atomic E-state index is 9.00. The number of carbonyl (C=O) groups is 1. The number of rotatable bonds is 5. The molecule has 0 heterocycles. The fraction of sp³-hybridized carbons (Fsp3) is 0.500. The van der Waals surface area contributed by atoms with Gasteiger partial charge in [0.1, 0.15) is 0 Å². The Morgan fingerprint density at radius 2 is 1.85 bits per heavy atom. The molecule has 110 valence electrons. The summed E-state index contributed by atoms with van der Waals surface area (Å²) in [5.74, 6) is 0.0664. The number of hydrogen-bond donors (Lipinski definition) is 1. The van der Waals surface area contributed by atoms with Crippen LogP contribution in [-0.4, -0.2) is 11.1 Å². The van der Waals surface area contributed by atoms with Gasteiger partial charge in [-0.3, -0.25) is 4.79 Å². The standard InChI is InChI=1S/C16H22.C2H4O2/c1-3-9-15(10-4-1)11-5-2-6-12-16-13-7-8-14-16;1-2(3)4/h1,3-4,6,9-10,12,16H,2,5,7-8,11,13-14H2;1H3,(H,3,4)/b12-6+;. The summed E-state index contributed by atoms with van der Waals surface area (Å²) in [6.45, 7) is 1.08. The van der Waals surface area contributed by atoms with E-state index in [1.807, 2.05) is 0 Å². The molecule has 2 rings (SSSR count). The molecule has 2 nitrogen and oxygen atoms in total. The first-order chi connectivity index (χ1) is 9.68. The van der Waals surface area contributed by atoms with Crippen LogP contribution in [0.3, 0.4) is 0 Å². The lowest BCUT2D eigenvalue weighted by Crippen LogP contribution is -1.86. The lowest BCUT2D eigenvalue weighted by molar-refractivity contribution is -0.134. The van der Waals surface area contributed by atoms with Crippen molar-refractivity contribution >= 4 is 5.97 Å². The Morgan fingerprint density at radius 3 is 2.45 bits per heavy atom. The van der Waals surface area contributed by atoms with Gasteiger partial charge in [-0.15, -0.1) is 0 Å². The van der Waals surface area contributed by atoms with Crippen LogP contribution in [0.4, 0.5) is 0 Å². The molecule has 0 aliphatic heterocycles. The zero-order valence-corrected chi connectivity index (χ0v) is 12.4. The Kier molecular flexibility index (Phi) is 8.44. The molecule has 20 heavy (non-hydrogen) atoms. The third-order valence-electron chi connectivity index (χ3n) is 3.49. The molecule has 0 bridgehead atoms. The van der Waals surface area contributed by atoms with Crippen LogP contribution in [0.1, 0.15) is 51.0 Å². The molecule has 1 aliphatic carbocycles. The van der Waals surface area contributed by atoms with Crippen molar-refractivity contribution in [1.29, 1.82) is 0 Å². The van der Waals surface area contributed by atoms with Crippen molar-refractivity contribution < 1.29 is 9.90 Å². The van der Waals surface area contributed by atoms with E-state index in [0.29, 0.717) is 0 Å². The average molecular weight is 274 g/mol. The first-order valence-corrected chi connectivity index (χ1v) is 7.58. The van der Waals surface area contributed by atoms with E-state index in [9.17, 15) is 0 Å². The minimum atomic E-state index is -0.833. The van der Waals surface area contributed by atoms with Crippen molar-refractivity contribution in [3.63, 3.8) is 0 Å². The molecule has 1 aromatic rings. The van der Waals surface area contributed by atoms with Gasteiger partial charge in [0, 0.05) is 6.92 Å². The van der Waals surface area contributed by atoms with Gasteiger partial charge in [-0.05, 0) is 43.6 Å². The SMILES string of the molecule is C(=C\C1CCCC1)/CCCc1ccccc1.CC(=O)O.